The molecule has 0 aliphatic carbocycles. The molecule has 9 nitrogen and oxygen atoms in total. The summed E-state index contributed by atoms with van der Waals surface area (Å²) in [6, 6.07) is 23.1. The Kier molecular flexibility index (Phi) is 7.68. The second kappa shape index (κ2) is 11.9. The molecule has 0 amide bonds. The van der Waals surface area contributed by atoms with Crippen LogP contribution in [0, 0.1) is 6.92 Å². The minimum absolute atomic E-state index is 0.0775. The molecule has 0 saturated carbocycles. The van der Waals surface area contributed by atoms with Gasteiger partial charge in [0.1, 0.15) is 40.8 Å². The number of aryl methyl sites for hydroxylation is 1. The molecular weight excluding hydrogens is 564 g/mol. The summed E-state index contributed by atoms with van der Waals surface area (Å²) in [5, 5.41) is 0.569. The summed E-state index contributed by atoms with van der Waals surface area (Å²) in [5.41, 5.74) is 2.73. The Bertz CT molecular complexity index is 1920. The smallest absolute Gasteiger partial charge is 0.347 e. The number of carbonyl (C=O) groups is 2. The quantitative estimate of drug-likeness (QED) is 0.100. The number of fused-ring (bicyclic) bond motifs is 2. The highest BCUT2D eigenvalue weighted by Gasteiger charge is 2.29. The summed E-state index contributed by atoms with van der Waals surface area (Å²) < 4.78 is 39.7. The van der Waals surface area contributed by atoms with Gasteiger partial charge in [0.25, 0.3) is 0 Å². The van der Waals surface area contributed by atoms with Crippen molar-refractivity contribution in [2.75, 3.05) is 21.3 Å². The molecule has 0 N–H and O–H groups in total. The number of ketones is 1. The lowest BCUT2D eigenvalue weighted by Gasteiger charge is -2.14. The molecule has 1 aliphatic heterocycles. The van der Waals surface area contributed by atoms with Crippen LogP contribution in [0.25, 0.3) is 17.0 Å². The van der Waals surface area contributed by atoms with Gasteiger partial charge < -0.3 is 32.8 Å². The van der Waals surface area contributed by atoms with E-state index in [0.29, 0.717) is 57.5 Å². The first-order valence-corrected chi connectivity index (χ1v) is 13.7. The van der Waals surface area contributed by atoms with Gasteiger partial charge in [0.2, 0.25) is 11.5 Å². The zero-order valence-electron chi connectivity index (χ0n) is 24.5. The van der Waals surface area contributed by atoms with E-state index in [4.69, 9.17) is 32.8 Å². The zero-order valence-corrected chi connectivity index (χ0v) is 24.5. The van der Waals surface area contributed by atoms with Gasteiger partial charge in [0, 0.05) is 17.0 Å². The number of ether oxygens (including phenoxy) is 6. The molecule has 0 atom stereocenters. The van der Waals surface area contributed by atoms with Crippen LogP contribution < -0.4 is 28.4 Å². The van der Waals surface area contributed by atoms with E-state index in [1.165, 1.54) is 27.4 Å². The second-order valence-corrected chi connectivity index (χ2v) is 9.88. The molecular formula is C35H28O9. The Morgan fingerprint density at radius 1 is 0.841 bits per heavy atom. The maximum absolute atomic E-state index is 13.4. The fraction of sp³-hybridized carbons (Fsp3) is 0.143. The fourth-order valence-electron chi connectivity index (χ4n) is 5.05. The number of allylic oxidation sites excluding steroid dienone is 1. The van der Waals surface area contributed by atoms with Gasteiger partial charge in [-0.25, -0.2) is 4.79 Å². The van der Waals surface area contributed by atoms with Crippen LogP contribution in [-0.4, -0.2) is 33.1 Å². The van der Waals surface area contributed by atoms with E-state index >= 15 is 0 Å². The summed E-state index contributed by atoms with van der Waals surface area (Å²) in [6.45, 7) is 2.08. The van der Waals surface area contributed by atoms with Crippen LogP contribution in [0.4, 0.5) is 0 Å². The average Bonchev–Trinajstić information content (AvgIpc) is 3.54. The number of benzene rings is 4. The van der Waals surface area contributed by atoms with Gasteiger partial charge in [0.05, 0.1) is 26.9 Å². The van der Waals surface area contributed by atoms with Crippen molar-refractivity contribution in [3.8, 4) is 34.5 Å². The van der Waals surface area contributed by atoms with Gasteiger partial charge in [-0.2, -0.15) is 0 Å². The van der Waals surface area contributed by atoms with E-state index in [2.05, 4.69) is 0 Å². The van der Waals surface area contributed by atoms with Gasteiger partial charge in [-0.3, -0.25) is 4.79 Å². The number of methoxy groups -OCH3 is 3. The van der Waals surface area contributed by atoms with Crippen LogP contribution in [0.5, 0.6) is 34.5 Å². The van der Waals surface area contributed by atoms with Crippen LogP contribution in [0.3, 0.4) is 0 Å². The SMILES string of the molecule is COc1ccc(C=C2Oc3cc(OC(=O)c4c(C)oc5ccc(OCc6ccccc6)cc45)ccc3C2=O)c(OC)c1OC. The van der Waals surface area contributed by atoms with Crippen molar-refractivity contribution in [2.45, 2.75) is 13.5 Å². The minimum atomic E-state index is -0.614. The summed E-state index contributed by atoms with van der Waals surface area (Å²) in [5.74, 6) is 1.86. The molecule has 9 heteroatoms. The molecule has 0 bridgehead atoms. The van der Waals surface area contributed by atoms with Crippen molar-refractivity contribution >= 4 is 28.8 Å². The highest BCUT2D eigenvalue weighted by Crippen LogP contribution is 2.42. The van der Waals surface area contributed by atoms with E-state index in [1.54, 1.807) is 55.5 Å². The van der Waals surface area contributed by atoms with Gasteiger partial charge in [-0.15, -0.1) is 0 Å². The largest absolute Gasteiger partial charge is 0.493 e. The van der Waals surface area contributed by atoms with E-state index in [0.717, 1.165) is 5.56 Å². The first-order valence-electron chi connectivity index (χ1n) is 13.7. The molecule has 4 aromatic carbocycles. The topological polar surface area (TPSA) is 103 Å². The summed E-state index contributed by atoms with van der Waals surface area (Å²) in [6.07, 6.45) is 1.56. The van der Waals surface area contributed by atoms with Crippen LogP contribution in [0.2, 0.25) is 0 Å². The minimum Gasteiger partial charge on any atom is -0.493 e. The predicted molar refractivity (Wildman–Crippen MR) is 162 cm³/mol. The Hall–Kier alpha value is -5.70. The normalized spacial score (nSPS) is 13.0. The second-order valence-electron chi connectivity index (χ2n) is 9.88. The molecule has 0 saturated heterocycles. The van der Waals surface area contributed by atoms with Crippen LogP contribution in [0.1, 0.15) is 37.6 Å². The predicted octanol–water partition coefficient (Wildman–Crippen LogP) is 7.18. The Morgan fingerprint density at radius 3 is 2.36 bits per heavy atom. The number of Topliss-reactive ketones (excluding diaryl/α,β-unsaturated/α-hetero) is 1. The Morgan fingerprint density at radius 2 is 1.61 bits per heavy atom. The molecule has 1 aliphatic rings. The van der Waals surface area contributed by atoms with Crippen molar-refractivity contribution < 1.29 is 42.4 Å². The molecule has 1 aromatic heterocycles. The molecule has 5 aromatic rings. The summed E-state index contributed by atoms with van der Waals surface area (Å²) in [4.78, 5) is 26.5. The Balaban J connectivity index is 1.23. The number of esters is 1. The maximum Gasteiger partial charge on any atom is 0.347 e. The lowest BCUT2D eigenvalue weighted by atomic mass is 10.1. The third-order valence-corrected chi connectivity index (χ3v) is 7.16. The molecule has 0 radical (unpaired) electrons. The number of hydrogen-bond acceptors (Lipinski definition) is 9. The number of hydrogen-bond donors (Lipinski definition) is 0. The summed E-state index contributed by atoms with van der Waals surface area (Å²) in [7, 11) is 4.52. The number of furan rings is 1. The van der Waals surface area contributed by atoms with Crippen molar-refractivity contribution in [3.05, 3.63) is 113 Å². The third-order valence-electron chi connectivity index (χ3n) is 7.16. The summed E-state index contributed by atoms with van der Waals surface area (Å²) >= 11 is 0. The van der Waals surface area contributed by atoms with Gasteiger partial charge in [-0.1, -0.05) is 30.3 Å². The fourth-order valence-corrected chi connectivity index (χ4v) is 5.05. The van der Waals surface area contributed by atoms with Crippen LogP contribution >= 0.6 is 0 Å². The monoisotopic (exact) mass is 592 g/mol. The standard InChI is InChI=1S/C35H28O9/c1-20-31(26-17-23(12-15-27(26)42-20)41-19-21-8-6-5-7-9-21)35(37)43-24-11-13-25-29(18-24)44-30(32(25)36)16-22-10-14-28(38-2)34(40-4)33(22)39-3/h5-18H,19H2,1-4H3. The lowest BCUT2D eigenvalue weighted by Crippen LogP contribution is -2.09. The highest BCUT2D eigenvalue weighted by atomic mass is 16.5. The van der Waals surface area contributed by atoms with Crippen molar-refractivity contribution in [2.24, 2.45) is 0 Å². The molecule has 44 heavy (non-hydrogen) atoms. The highest BCUT2D eigenvalue weighted by molar-refractivity contribution is 6.15. The van der Waals surface area contributed by atoms with Gasteiger partial charge >= 0.3 is 5.97 Å². The van der Waals surface area contributed by atoms with Crippen LogP contribution in [0.15, 0.2) is 89.0 Å². The maximum atomic E-state index is 13.4. The first kappa shape index (κ1) is 28.4. The van der Waals surface area contributed by atoms with E-state index < -0.39 is 5.97 Å². The molecule has 6 rings (SSSR count). The molecule has 222 valence electrons. The Labute approximate surface area is 253 Å². The van der Waals surface area contributed by atoms with Crippen LogP contribution in [-0.2, 0) is 6.61 Å². The third kappa shape index (κ3) is 5.31. The number of carbonyl (C=O) groups excluding carboxylic acids is 2. The zero-order chi connectivity index (χ0) is 30.8. The van der Waals surface area contributed by atoms with Crippen molar-refractivity contribution in [1.29, 1.82) is 0 Å². The first-order chi connectivity index (χ1) is 21.4. The molecule has 0 spiro atoms. The van der Waals surface area contributed by atoms with E-state index in [9.17, 15) is 9.59 Å². The van der Waals surface area contributed by atoms with Crippen molar-refractivity contribution in [1.82, 2.24) is 0 Å². The molecule has 0 unspecified atom stereocenters. The van der Waals surface area contributed by atoms with E-state index in [1.807, 2.05) is 30.3 Å². The van der Waals surface area contributed by atoms with Crippen molar-refractivity contribution in [3.63, 3.8) is 0 Å². The average molecular weight is 593 g/mol. The van der Waals surface area contributed by atoms with Gasteiger partial charge in [-0.05, 0) is 61.0 Å². The van der Waals surface area contributed by atoms with Gasteiger partial charge in [0.15, 0.2) is 17.3 Å². The molecule has 0 fully saturated rings. The molecule has 2 heterocycles. The number of rotatable bonds is 9. The van der Waals surface area contributed by atoms with E-state index in [-0.39, 0.29) is 28.6 Å². The lowest BCUT2D eigenvalue weighted by molar-refractivity contribution is 0.0734.